The van der Waals surface area contributed by atoms with Crippen LogP contribution in [0.5, 0.6) is 11.5 Å². The van der Waals surface area contributed by atoms with Crippen LogP contribution in [0.2, 0.25) is 0 Å². The second-order valence-electron chi connectivity index (χ2n) is 9.28. The number of benzene rings is 1. The number of carbonyl (C=O) groups excluding carboxylic acids is 1. The van der Waals surface area contributed by atoms with Crippen LogP contribution < -0.4 is 4.74 Å². The molecule has 32 heavy (non-hydrogen) atoms. The highest BCUT2D eigenvalue weighted by molar-refractivity contribution is 5.66. The van der Waals surface area contributed by atoms with Crippen LogP contribution in [0.1, 0.15) is 103 Å². The first-order valence-electron chi connectivity index (χ1n) is 12.4. The van der Waals surface area contributed by atoms with E-state index in [0.29, 0.717) is 17.9 Å². The summed E-state index contributed by atoms with van der Waals surface area (Å²) < 4.78 is 11.0. The molecule has 1 aliphatic rings. The lowest BCUT2D eigenvalue weighted by Crippen LogP contribution is -2.19. The van der Waals surface area contributed by atoms with Gasteiger partial charge in [0.05, 0.1) is 6.61 Å². The maximum Gasteiger partial charge on any atom is 0.513 e. The molecule has 0 radical (unpaired) electrons. The van der Waals surface area contributed by atoms with Gasteiger partial charge < -0.3 is 14.6 Å². The Morgan fingerprint density at radius 1 is 1.12 bits per heavy atom. The van der Waals surface area contributed by atoms with Crippen LogP contribution in [-0.2, 0) is 11.2 Å². The number of phenols is 1. The number of allylic oxidation sites excluding steroid dienone is 3. The van der Waals surface area contributed by atoms with Gasteiger partial charge in [0.15, 0.2) is 0 Å². The highest BCUT2D eigenvalue weighted by atomic mass is 16.7. The molecule has 0 unspecified atom stereocenters. The standard InChI is InChI=1S/C28H42O4/c1-6-8-10-12-16-31-28(30)32-26-19-22(13-11-9-7-2)18-25(29)27(26)24-17-21(5)14-15-23(24)20(3)4/h17-19,23-24,29H,3,6-16H2,1-2,4-5H3/t23-,24+/m0/s1. The lowest BCUT2D eigenvalue weighted by Gasteiger charge is -2.32. The van der Waals surface area contributed by atoms with Gasteiger partial charge in [-0.05, 0) is 69.6 Å². The number of carbonyl (C=O) groups is 1. The number of hydrogen-bond donors (Lipinski definition) is 1. The van der Waals surface area contributed by atoms with Crippen molar-refractivity contribution in [3.8, 4) is 11.5 Å². The molecule has 1 aromatic rings. The van der Waals surface area contributed by atoms with E-state index >= 15 is 0 Å². The fraction of sp³-hybridized carbons (Fsp3) is 0.607. The van der Waals surface area contributed by atoms with Crippen molar-refractivity contribution in [1.29, 1.82) is 0 Å². The average Bonchev–Trinajstić information content (AvgIpc) is 2.73. The van der Waals surface area contributed by atoms with E-state index in [1.165, 1.54) is 5.57 Å². The molecule has 0 saturated carbocycles. The predicted octanol–water partition coefficient (Wildman–Crippen LogP) is 8.24. The van der Waals surface area contributed by atoms with Crippen molar-refractivity contribution in [3.63, 3.8) is 0 Å². The number of aromatic hydroxyl groups is 1. The molecule has 0 amide bonds. The fourth-order valence-electron chi connectivity index (χ4n) is 4.52. The molecule has 2 rings (SSSR count). The molecule has 1 aromatic carbocycles. The van der Waals surface area contributed by atoms with Gasteiger partial charge in [-0.3, -0.25) is 0 Å². The van der Waals surface area contributed by atoms with Crippen molar-refractivity contribution in [3.05, 3.63) is 47.1 Å². The Balaban J connectivity index is 2.31. The fourth-order valence-corrected chi connectivity index (χ4v) is 4.52. The minimum absolute atomic E-state index is 0.0710. The van der Waals surface area contributed by atoms with Gasteiger partial charge in [-0.1, -0.05) is 69.8 Å². The van der Waals surface area contributed by atoms with E-state index < -0.39 is 6.16 Å². The summed E-state index contributed by atoms with van der Waals surface area (Å²) in [5.74, 6) is 0.727. The second-order valence-corrected chi connectivity index (χ2v) is 9.28. The summed E-state index contributed by atoms with van der Waals surface area (Å²) in [5, 5.41) is 11.1. The Morgan fingerprint density at radius 3 is 2.53 bits per heavy atom. The van der Waals surface area contributed by atoms with Gasteiger partial charge in [0.25, 0.3) is 0 Å². The smallest absolute Gasteiger partial charge is 0.507 e. The van der Waals surface area contributed by atoms with Crippen LogP contribution in [0.4, 0.5) is 4.79 Å². The van der Waals surface area contributed by atoms with Crippen LogP contribution in [0.25, 0.3) is 0 Å². The largest absolute Gasteiger partial charge is 0.513 e. The summed E-state index contributed by atoms with van der Waals surface area (Å²) in [6.45, 7) is 13.0. The van der Waals surface area contributed by atoms with Crippen molar-refractivity contribution in [2.75, 3.05) is 6.61 Å². The Bertz CT molecular complexity index is 793. The Kier molecular flexibility index (Phi) is 10.9. The normalized spacial score (nSPS) is 18.2. The monoisotopic (exact) mass is 442 g/mol. The van der Waals surface area contributed by atoms with Crippen molar-refractivity contribution >= 4 is 6.16 Å². The number of ether oxygens (including phenoxy) is 2. The predicted molar refractivity (Wildman–Crippen MR) is 131 cm³/mol. The number of phenolic OH excluding ortho intramolecular Hbond substituents is 1. The average molecular weight is 443 g/mol. The highest BCUT2D eigenvalue weighted by Gasteiger charge is 2.31. The Labute approximate surface area is 194 Å². The maximum absolute atomic E-state index is 12.5. The molecule has 0 heterocycles. The van der Waals surface area contributed by atoms with Crippen molar-refractivity contribution in [2.24, 2.45) is 5.92 Å². The van der Waals surface area contributed by atoms with Gasteiger partial charge in [0.2, 0.25) is 0 Å². The summed E-state index contributed by atoms with van der Waals surface area (Å²) in [7, 11) is 0. The molecule has 4 heteroatoms. The van der Waals surface area contributed by atoms with E-state index in [9.17, 15) is 9.90 Å². The molecule has 4 nitrogen and oxygen atoms in total. The van der Waals surface area contributed by atoms with Crippen LogP contribution >= 0.6 is 0 Å². The van der Waals surface area contributed by atoms with Crippen molar-refractivity contribution < 1.29 is 19.4 Å². The van der Waals surface area contributed by atoms with Gasteiger partial charge in [-0.25, -0.2) is 4.79 Å². The zero-order valence-electron chi connectivity index (χ0n) is 20.5. The molecule has 0 spiro atoms. The summed E-state index contributed by atoms with van der Waals surface area (Å²) in [5.41, 5.74) is 4.01. The summed E-state index contributed by atoms with van der Waals surface area (Å²) in [6, 6.07) is 3.75. The first-order chi connectivity index (χ1) is 15.4. The molecule has 1 N–H and O–H groups in total. The topological polar surface area (TPSA) is 55.8 Å². The third-order valence-corrected chi connectivity index (χ3v) is 6.37. The number of hydrogen-bond acceptors (Lipinski definition) is 4. The quantitative estimate of drug-likeness (QED) is 0.153. The van der Waals surface area contributed by atoms with Crippen molar-refractivity contribution in [2.45, 2.75) is 97.8 Å². The summed E-state index contributed by atoms with van der Waals surface area (Å²) in [6.07, 6.45) is 11.7. The van der Waals surface area contributed by atoms with E-state index in [-0.39, 0.29) is 17.6 Å². The molecule has 0 aliphatic heterocycles. The van der Waals surface area contributed by atoms with Gasteiger partial charge in [0.1, 0.15) is 11.5 Å². The maximum atomic E-state index is 12.5. The van der Waals surface area contributed by atoms with Gasteiger partial charge in [-0.2, -0.15) is 0 Å². The molecule has 1 aliphatic carbocycles. The van der Waals surface area contributed by atoms with Crippen LogP contribution in [-0.4, -0.2) is 17.9 Å². The number of aryl methyl sites for hydroxylation is 1. The first-order valence-corrected chi connectivity index (χ1v) is 12.4. The number of unbranched alkanes of at least 4 members (excludes halogenated alkanes) is 5. The highest BCUT2D eigenvalue weighted by Crippen LogP contribution is 2.47. The van der Waals surface area contributed by atoms with Crippen LogP contribution in [0.15, 0.2) is 35.9 Å². The second kappa shape index (κ2) is 13.3. The summed E-state index contributed by atoms with van der Waals surface area (Å²) >= 11 is 0. The third kappa shape index (κ3) is 7.72. The van der Waals surface area contributed by atoms with E-state index in [1.54, 1.807) is 0 Å². The number of rotatable bonds is 12. The molecule has 0 aromatic heterocycles. The van der Waals surface area contributed by atoms with E-state index in [4.69, 9.17) is 9.47 Å². The lowest BCUT2D eigenvalue weighted by atomic mass is 9.73. The third-order valence-electron chi connectivity index (χ3n) is 6.37. The Morgan fingerprint density at radius 2 is 1.84 bits per heavy atom. The van der Waals surface area contributed by atoms with Gasteiger partial charge >= 0.3 is 6.16 Å². The molecule has 178 valence electrons. The van der Waals surface area contributed by atoms with Crippen molar-refractivity contribution in [1.82, 2.24) is 0 Å². The Hall–Kier alpha value is -2.23. The molecule has 0 fully saturated rings. The van der Waals surface area contributed by atoms with E-state index in [2.05, 4.69) is 33.4 Å². The first kappa shape index (κ1) is 26.0. The minimum atomic E-state index is -0.698. The molecule has 2 atom stereocenters. The SMILES string of the molecule is C=C(C)[C@@H]1CCC(C)=C[C@H]1c1c(O)cc(CCCCC)cc1OC(=O)OCCCCCC. The van der Waals surface area contributed by atoms with E-state index in [0.717, 1.165) is 75.3 Å². The van der Waals surface area contributed by atoms with E-state index in [1.807, 2.05) is 19.1 Å². The minimum Gasteiger partial charge on any atom is -0.507 e. The zero-order chi connectivity index (χ0) is 23.5. The molecular formula is C28H42O4. The molecular weight excluding hydrogens is 400 g/mol. The molecule has 0 bridgehead atoms. The van der Waals surface area contributed by atoms with Crippen LogP contribution in [0, 0.1) is 5.92 Å². The molecule has 0 saturated heterocycles. The lowest BCUT2D eigenvalue weighted by molar-refractivity contribution is 0.0967. The van der Waals surface area contributed by atoms with Gasteiger partial charge in [0, 0.05) is 11.5 Å². The van der Waals surface area contributed by atoms with Crippen LogP contribution in [0.3, 0.4) is 0 Å². The van der Waals surface area contributed by atoms with Gasteiger partial charge in [-0.15, -0.1) is 0 Å². The zero-order valence-corrected chi connectivity index (χ0v) is 20.5. The summed E-state index contributed by atoms with van der Waals surface area (Å²) in [4.78, 5) is 12.5.